The van der Waals surface area contributed by atoms with Gasteiger partial charge in [-0.05, 0) is 42.7 Å². The van der Waals surface area contributed by atoms with E-state index in [2.05, 4.69) is 21.2 Å². The van der Waals surface area contributed by atoms with Crippen LogP contribution in [0, 0.1) is 0 Å². The Morgan fingerprint density at radius 1 is 1.27 bits per heavy atom. The molecule has 0 aromatic heterocycles. The van der Waals surface area contributed by atoms with Crippen LogP contribution in [0.5, 0.6) is 11.5 Å². The second-order valence-electron chi connectivity index (χ2n) is 6.10. The Kier molecular flexibility index (Phi) is 6.88. The van der Waals surface area contributed by atoms with Crippen LogP contribution in [0.3, 0.4) is 0 Å². The van der Waals surface area contributed by atoms with Crippen LogP contribution in [0.4, 0.5) is 0 Å². The van der Waals surface area contributed by atoms with Gasteiger partial charge in [0.25, 0.3) is 0 Å². The van der Waals surface area contributed by atoms with Crippen molar-refractivity contribution in [3.8, 4) is 11.5 Å². The van der Waals surface area contributed by atoms with E-state index in [9.17, 15) is 0 Å². The van der Waals surface area contributed by atoms with Crippen molar-refractivity contribution in [1.29, 1.82) is 0 Å². The van der Waals surface area contributed by atoms with Gasteiger partial charge in [-0.15, -0.1) is 0 Å². The fourth-order valence-electron chi connectivity index (χ4n) is 2.85. The lowest BCUT2D eigenvalue weighted by Crippen LogP contribution is -2.31. The molecule has 2 aromatic rings. The summed E-state index contributed by atoms with van der Waals surface area (Å²) in [5, 5.41) is 3.30. The number of rotatable bonds is 7. The van der Waals surface area contributed by atoms with Crippen molar-refractivity contribution in [2.75, 3.05) is 20.3 Å². The second-order valence-corrected chi connectivity index (χ2v) is 7.42. The summed E-state index contributed by atoms with van der Waals surface area (Å²) in [5.41, 5.74) is 1.90. The summed E-state index contributed by atoms with van der Waals surface area (Å²) in [6.07, 6.45) is 2.41. The number of thiocarbonyl (C=S) groups is 1. The van der Waals surface area contributed by atoms with Gasteiger partial charge in [0, 0.05) is 17.6 Å². The van der Waals surface area contributed by atoms with E-state index in [0.29, 0.717) is 29.6 Å². The molecule has 0 amide bonds. The number of ether oxygens (including phenoxy) is 3. The average molecular weight is 436 g/mol. The van der Waals surface area contributed by atoms with Gasteiger partial charge in [0.15, 0.2) is 11.5 Å². The fourth-order valence-corrected chi connectivity index (χ4v) is 3.36. The van der Waals surface area contributed by atoms with Crippen LogP contribution in [0.1, 0.15) is 24.0 Å². The molecule has 4 nitrogen and oxygen atoms in total. The molecule has 2 aromatic carbocycles. The topological polar surface area (TPSA) is 39.7 Å². The van der Waals surface area contributed by atoms with Crippen LogP contribution in [-0.4, -0.2) is 31.4 Å². The van der Waals surface area contributed by atoms with Crippen molar-refractivity contribution in [3.05, 3.63) is 58.1 Å². The van der Waals surface area contributed by atoms with E-state index in [1.165, 1.54) is 0 Å². The lowest BCUT2D eigenvalue weighted by atomic mass is 10.1. The Labute approximate surface area is 168 Å². The first-order valence-electron chi connectivity index (χ1n) is 8.61. The van der Waals surface area contributed by atoms with Crippen molar-refractivity contribution in [3.63, 3.8) is 0 Å². The van der Waals surface area contributed by atoms with Gasteiger partial charge in [-0.3, -0.25) is 0 Å². The highest BCUT2D eigenvalue weighted by atomic mass is 79.9. The van der Waals surface area contributed by atoms with E-state index in [1.807, 2.05) is 42.5 Å². The summed E-state index contributed by atoms with van der Waals surface area (Å²) in [5.74, 6) is 1.32. The van der Waals surface area contributed by atoms with Crippen LogP contribution < -0.4 is 14.8 Å². The van der Waals surface area contributed by atoms with E-state index >= 15 is 0 Å². The first-order chi connectivity index (χ1) is 12.7. The number of para-hydroxylation sites is 1. The molecular formula is C20H22BrNO3S. The molecule has 6 heteroatoms. The van der Waals surface area contributed by atoms with E-state index in [0.717, 1.165) is 35.0 Å². The lowest BCUT2D eigenvalue weighted by molar-refractivity contribution is 0.114. The molecule has 1 heterocycles. The molecule has 1 N–H and O–H groups in total. The van der Waals surface area contributed by atoms with Crippen LogP contribution >= 0.6 is 28.1 Å². The summed E-state index contributed by atoms with van der Waals surface area (Å²) in [6, 6.07) is 13.8. The third kappa shape index (κ3) is 4.96. The molecule has 0 aliphatic carbocycles. The molecule has 26 heavy (non-hydrogen) atoms. The van der Waals surface area contributed by atoms with Crippen molar-refractivity contribution in [1.82, 2.24) is 5.32 Å². The third-order valence-corrected chi connectivity index (χ3v) is 5.15. The second kappa shape index (κ2) is 9.35. The van der Waals surface area contributed by atoms with Crippen molar-refractivity contribution >= 4 is 33.1 Å². The maximum Gasteiger partial charge on any atom is 0.171 e. The predicted molar refractivity (Wildman–Crippen MR) is 110 cm³/mol. The van der Waals surface area contributed by atoms with Gasteiger partial charge in [0.05, 0.1) is 18.8 Å². The van der Waals surface area contributed by atoms with Gasteiger partial charge >= 0.3 is 0 Å². The largest absolute Gasteiger partial charge is 0.493 e. The van der Waals surface area contributed by atoms with E-state index in [4.69, 9.17) is 26.4 Å². The zero-order valence-corrected chi connectivity index (χ0v) is 17.1. The number of benzene rings is 2. The molecule has 0 saturated carbocycles. The Morgan fingerprint density at radius 3 is 2.77 bits per heavy atom. The minimum Gasteiger partial charge on any atom is -0.493 e. The van der Waals surface area contributed by atoms with Crippen LogP contribution in [0.2, 0.25) is 0 Å². The molecule has 1 aliphatic heterocycles. The highest BCUT2D eigenvalue weighted by Gasteiger charge is 2.18. The SMILES string of the molecule is COc1cccc(C(=S)NC[C@@H]2CCCO2)c1OCc1ccc(Br)cc1. The summed E-state index contributed by atoms with van der Waals surface area (Å²) in [7, 11) is 1.63. The quantitative estimate of drug-likeness (QED) is 0.649. The van der Waals surface area contributed by atoms with E-state index in [-0.39, 0.29) is 6.10 Å². The number of methoxy groups -OCH3 is 1. The Bertz CT molecular complexity index is 745. The van der Waals surface area contributed by atoms with Gasteiger partial charge in [-0.2, -0.15) is 0 Å². The summed E-state index contributed by atoms with van der Waals surface area (Å²) in [4.78, 5) is 0.644. The zero-order valence-electron chi connectivity index (χ0n) is 14.7. The molecule has 0 radical (unpaired) electrons. The standard InChI is InChI=1S/C20H22BrNO3S/c1-23-18-6-2-5-17(20(26)22-12-16-4-3-11-24-16)19(18)25-13-14-7-9-15(21)10-8-14/h2,5-10,16H,3-4,11-13H2,1H3,(H,22,26)/t16-/m0/s1. The Balaban J connectivity index is 1.72. The Morgan fingerprint density at radius 2 is 2.08 bits per heavy atom. The van der Waals surface area contributed by atoms with Gasteiger partial charge < -0.3 is 19.5 Å². The first-order valence-corrected chi connectivity index (χ1v) is 9.81. The molecule has 1 aliphatic rings. The molecule has 1 atom stereocenters. The van der Waals surface area contributed by atoms with Crippen molar-refractivity contribution in [2.45, 2.75) is 25.6 Å². The predicted octanol–water partition coefficient (Wildman–Crippen LogP) is 4.48. The number of nitrogens with one attached hydrogen (secondary N) is 1. The fraction of sp³-hybridized carbons (Fsp3) is 0.350. The maximum absolute atomic E-state index is 6.08. The molecule has 0 bridgehead atoms. The zero-order chi connectivity index (χ0) is 18.4. The van der Waals surface area contributed by atoms with Crippen LogP contribution in [-0.2, 0) is 11.3 Å². The number of halogens is 1. The van der Waals surface area contributed by atoms with Crippen molar-refractivity contribution < 1.29 is 14.2 Å². The lowest BCUT2D eigenvalue weighted by Gasteiger charge is -2.18. The van der Waals surface area contributed by atoms with Gasteiger partial charge in [0.1, 0.15) is 11.6 Å². The monoisotopic (exact) mass is 435 g/mol. The maximum atomic E-state index is 6.08. The third-order valence-electron chi connectivity index (χ3n) is 4.25. The molecule has 138 valence electrons. The average Bonchev–Trinajstić information content (AvgIpc) is 3.19. The number of hydrogen-bond donors (Lipinski definition) is 1. The normalized spacial score (nSPS) is 16.3. The van der Waals surface area contributed by atoms with E-state index < -0.39 is 0 Å². The highest BCUT2D eigenvalue weighted by molar-refractivity contribution is 9.10. The molecule has 1 saturated heterocycles. The smallest absolute Gasteiger partial charge is 0.171 e. The molecule has 1 fully saturated rings. The Hall–Kier alpha value is -1.63. The summed E-state index contributed by atoms with van der Waals surface area (Å²) < 4.78 is 18.2. The summed E-state index contributed by atoms with van der Waals surface area (Å²) >= 11 is 9.03. The van der Waals surface area contributed by atoms with Crippen LogP contribution in [0.15, 0.2) is 46.9 Å². The highest BCUT2D eigenvalue weighted by Crippen LogP contribution is 2.32. The molecule has 0 unspecified atom stereocenters. The van der Waals surface area contributed by atoms with Gasteiger partial charge in [-0.25, -0.2) is 0 Å². The van der Waals surface area contributed by atoms with Crippen LogP contribution in [0.25, 0.3) is 0 Å². The molecule has 0 spiro atoms. The molecular weight excluding hydrogens is 414 g/mol. The summed E-state index contributed by atoms with van der Waals surface area (Å²) in [6.45, 7) is 1.98. The minimum absolute atomic E-state index is 0.227. The van der Waals surface area contributed by atoms with Gasteiger partial charge in [0.2, 0.25) is 0 Å². The molecule has 3 rings (SSSR count). The van der Waals surface area contributed by atoms with Crippen molar-refractivity contribution in [2.24, 2.45) is 0 Å². The number of hydrogen-bond acceptors (Lipinski definition) is 4. The van der Waals surface area contributed by atoms with E-state index in [1.54, 1.807) is 7.11 Å². The minimum atomic E-state index is 0.227. The first kappa shape index (κ1) is 19.1. The van der Waals surface area contributed by atoms with Gasteiger partial charge in [-0.1, -0.05) is 46.3 Å².